The molecule has 0 saturated heterocycles. The lowest BCUT2D eigenvalue weighted by Gasteiger charge is -2.27. The highest BCUT2D eigenvalue weighted by Crippen LogP contribution is 2.32. The molecule has 0 radical (unpaired) electrons. The summed E-state index contributed by atoms with van der Waals surface area (Å²) < 4.78 is 17.4. The Morgan fingerprint density at radius 3 is 2.72 bits per heavy atom. The minimum Gasteiger partial charge on any atom is -0.488 e. The first-order valence-electron chi connectivity index (χ1n) is 13.3. The first-order chi connectivity index (χ1) is 18.5. The van der Waals surface area contributed by atoms with E-state index < -0.39 is 11.7 Å². The van der Waals surface area contributed by atoms with Crippen molar-refractivity contribution in [1.29, 1.82) is 0 Å². The number of benzene rings is 1. The second-order valence-electron chi connectivity index (χ2n) is 11.3. The van der Waals surface area contributed by atoms with Gasteiger partial charge in [-0.1, -0.05) is 0 Å². The average Bonchev–Trinajstić information content (AvgIpc) is 3.67. The van der Waals surface area contributed by atoms with E-state index in [1.165, 1.54) is 16.7 Å². The minimum atomic E-state index is -0.626. The van der Waals surface area contributed by atoms with Gasteiger partial charge in [0.1, 0.15) is 23.8 Å². The Bertz CT molecular complexity index is 1380. The maximum absolute atomic E-state index is 12.3. The molecule has 39 heavy (non-hydrogen) atoms. The molecule has 1 aromatic carbocycles. The number of nitrogen functional groups attached to an aromatic ring is 1. The summed E-state index contributed by atoms with van der Waals surface area (Å²) in [7, 11) is 2.13. The van der Waals surface area contributed by atoms with Crippen LogP contribution in [0.15, 0.2) is 30.6 Å². The van der Waals surface area contributed by atoms with E-state index in [2.05, 4.69) is 46.3 Å². The third-order valence-electron chi connectivity index (χ3n) is 6.57. The standard InChI is InChI=1S/C29H36N6O4/c1-17-10-18(11-19-15-35(5)9-8-22(17)19)23-13-32-26(30)27(33-23)37-16-20-12-25(34-28(36)39-29(2,3)4)31-14-24(20)38-21-6-7-21/h10-14,21H,6-9,15-16H2,1-5H3,(H2,30,32)(H,31,34,36). The van der Waals surface area contributed by atoms with Crippen molar-refractivity contribution in [3.8, 4) is 22.9 Å². The molecule has 1 aliphatic heterocycles. The van der Waals surface area contributed by atoms with Crippen LogP contribution in [-0.2, 0) is 24.3 Å². The predicted molar refractivity (Wildman–Crippen MR) is 149 cm³/mol. The Morgan fingerprint density at radius 1 is 1.18 bits per heavy atom. The molecule has 206 valence electrons. The molecule has 0 unspecified atom stereocenters. The molecule has 0 spiro atoms. The number of nitrogens with zero attached hydrogens (tertiary/aromatic N) is 4. The number of carbonyl (C=O) groups is 1. The zero-order valence-corrected chi connectivity index (χ0v) is 23.2. The number of hydrogen-bond acceptors (Lipinski definition) is 9. The van der Waals surface area contributed by atoms with Gasteiger partial charge >= 0.3 is 6.09 Å². The maximum atomic E-state index is 12.3. The van der Waals surface area contributed by atoms with Gasteiger partial charge in [-0.2, -0.15) is 0 Å². The first kappa shape index (κ1) is 26.7. The monoisotopic (exact) mass is 532 g/mol. The van der Waals surface area contributed by atoms with Crippen molar-refractivity contribution in [2.45, 2.75) is 71.8 Å². The Morgan fingerprint density at radius 2 is 1.97 bits per heavy atom. The van der Waals surface area contributed by atoms with Crippen LogP contribution in [0.4, 0.5) is 16.4 Å². The minimum absolute atomic E-state index is 0.101. The van der Waals surface area contributed by atoms with Crippen LogP contribution >= 0.6 is 0 Å². The van der Waals surface area contributed by atoms with E-state index in [1.54, 1.807) is 39.2 Å². The lowest BCUT2D eigenvalue weighted by Crippen LogP contribution is -2.27. The van der Waals surface area contributed by atoms with E-state index in [4.69, 9.17) is 24.9 Å². The number of nitrogens with one attached hydrogen (secondary N) is 1. The fourth-order valence-corrected chi connectivity index (χ4v) is 4.53. The first-order valence-corrected chi connectivity index (χ1v) is 13.3. The summed E-state index contributed by atoms with van der Waals surface area (Å²) in [6, 6.07) is 6.03. The van der Waals surface area contributed by atoms with Crippen molar-refractivity contribution in [3.05, 3.63) is 52.8 Å². The SMILES string of the molecule is Cc1cc(-c2cnc(N)c(OCc3cc(NC(=O)OC(C)(C)C)ncc3OC3CC3)n2)cc2c1CCN(C)C2. The molecule has 10 heteroatoms. The second kappa shape index (κ2) is 10.7. The topological polar surface area (TPSA) is 125 Å². The number of likely N-dealkylation sites (N-methyl/N-ethyl adjacent to an activating group) is 1. The lowest BCUT2D eigenvalue weighted by atomic mass is 9.92. The number of nitrogens with two attached hydrogens (primary N) is 1. The third kappa shape index (κ3) is 6.75. The van der Waals surface area contributed by atoms with Crippen LogP contribution in [0.25, 0.3) is 11.3 Å². The number of amides is 1. The molecule has 1 aliphatic carbocycles. The fourth-order valence-electron chi connectivity index (χ4n) is 4.53. The van der Waals surface area contributed by atoms with Gasteiger partial charge in [0.05, 0.1) is 24.2 Å². The van der Waals surface area contributed by atoms with Crippen molar-refractivity contribution >= 4 is 17.7 Å². The van der Waals surface area contributed by atoms with Crippen LogP contribution in [0.1, 0.15) is 55.9 Å². The number of aryl methyl sites for hydroxylation is 1. The fraction of sp³-hybridized carbons (Fsp3) is 0.448. The lowest BCUT2D eigenvalue weighted by molar-refractivity contribution is 0.0635. The number of anilines is 2. The molecule has 5 rings (SSSR count). The molecule has 1 amide bonds. The third-order valence-corrected chi connectivity index (χ3v) is 6.57. The number of carbonyl (C=O) groups excluding carboxylic acids is 1. The summed E-state index contributed by atoms with van der Waals surface area (Å²) in [5.41, 5.74) is 11.9. The van der Waals surface area contributed by atoms with Gasteiger partial charge in [0.15, 0.2) is 5.82 Å². The van der Waals surface area contributed by atoms with Gasteiger partial charge in [0.25, 0.3) is 5.88 Å². The van der Waals surface area contributed by atoms with Crippen molar-refractivity contribution in [2.75, 3.05) is 24.6 Å². The van der Waals surface area contributed by atoms with E-state index in [9.17, 15) is 4.79 Å². The zero-order valence-electron chi connectivity index (χ0n) is 23.2. The average molecular weight is 533 g/mol. The van der Waals surface area contributed by atoms with E-state index in [1.807, 2.05) is 0 Å². The quantitative estimate of drug-likeness (QED) is 0.438. The van der Waals surface area contributed by atoms with Crippen LogP contribution in [-0.4, -0.2) is 51.2 Å². The molecule has 3 aromatic rings. The summed E-state index contributed by atoms with van der Waals surface area (Å²) in [6.07, 6.45) is 5.86. The number of pyridine rings is 1. The summed E-state index contributed by atoms with van der Waals surface area (Å²) in [4.78, 5) is 28.0. The van der Waals surface area contributed by atoms with Gasteiger partial charge < -0.3 is 24.8 Å². The van der Waals surface area contributed by atoms with Crippen molar-refractivity contribution in [1.82, 2.24) is 19.9 Å². The van der Waals surface area contributed by atoms with Gasteiger partial charge in [0, 0.05) is 24.2 Å². The predicted octanol–water partition coefficient (Wildman–Crippen LogP) is 4.88. The van der Waals surface area contributed by atoms with Crippen LogP contribution in [0.2, 0.25) is 0 Å². The molecule has 0 atom stereocenters. The van der Waals surface area contributed by atoms with Gasteiger partial charge in [-0.15, -0.1) is 0 Å². The largest absolute Gasteiger partial charge is 0.488 e. The van der Waals surface area contributed by atoms with Gasteiger partial charge in [-0.3, -0.25) is 5.32 Å². The molecule has 1 fully saturated rings. The number of aromatic nitrogens is 3. The number of ether oxygens (including phenoxy) is 3. The number of rotatable bonds is 7. The molecule has 0 bridgehead atoms. The molecular formula is C29H36N6O4. The zero-order chi connectivity index (χ0) is 27.7. The second-order valence-corrected chi connectivity index (χ2v) is 11.3. The van der Waals surface area contributed by atoms with E-state index in [0.29, 0.717) is 22.8 Å². The Balaban J connectivity index is 1.37. The molecular weight excluding hydrogens is 496 g/mol. The molecule has 3 heterocycles. The van der Waals surface area contributed by atoms with Crippen molar-refractivity contribution in [3.63, 3.8) is 0 Å². The Hall–Kier alpha value is -3.92. The van der Waals surface area contributed by atoms with Gasteiger partial charge in [-0.25, -0.2) is 19.7 Å². The molecule has 10 nitrogen and oxygen atoms in total. The summed E-state index contributed by atoms with van der Waals surface area (Å²) in [5, 5.41) is 2.67. The Kier molecular flexibility index (Phi) is 7.31. The van der Waals surface area contributed by atoms with Crippen LogP contribution < -0.4 is 20.5 Å². The highest BCUT2D eigenvalue weighted by atomic mass is 16.6. The summed E-state index contributed by atoms with van der Waals surface area (Å²) in [6.45, 7) is 9.61. The van der Waals surface area contributed by atoms with Crippen molar-refractivity contribution < 1.29 is 19.0 Å². The highest BCUT2D eigenvalue weighted by Gasteiger charge is 2.26. The molecule has 3 N–H and O–H groups in total. The number of hydrogen-bond donors (Lipinski definition) is 2. The summed E-state index contributed by atoms with van der Waals surface area (Å²) >= 11 is 0. The highest BCUT2D eigenvalue weighted by molar-refractivity contribution is 5.83. The van der Waals surface area contributed by atoms with Gasteiger partial charge in [0.2, 0.25) is 0 Å². The summed E-state index contributed by atoms with van der Waals surface area (Å²) in [5.74, 6) is 1.34. The maximum Gasteiger partial charge on any atom is 0.413 e. The van der Waals surface area contributed by atoms with Crippen LogP contribution in [0.3, 0.4) is 0 Å². The van der Waals surface area contributed by atoms with E-state index >= 15 is 0 Å². The van der Waals surface area contributed by atoms with Crippen LogP contribution in [0.5, 0.6) is 11.6 Å². The van der Waals surface area contributed by atoms with E-state index in [-0.39, 0.29) is 24.4 Å². The molecule has 1 saturated carbocycles. The normalized spacial score (nSPS) is 15.4. The number of fused-ring (bicyclic) bond motifs is 1. The van der Waals surface area contributed by atoms with Gasteiger partial charge in [-0.05, 0) is 88.9 Å². The van der Waals surface area contributed by atoms with E-state index in [0.717, 1.165) is 37.9 Å². The van der Waals surface area contributed by atoms with Crippen LogP contribution in [0, 0.1) is 6.92 Å². The Labute approximate surface area is 228 Å². The molecule has 2 aliphatic rings. The smallest absolute Gasteiger partial charge is 0.413 e. The van der Waals surface area contributed by atoms with Crippen molar-refractivity contribution in [2.24, 2.45) is 0 Å². The molecule has 2 aromatic heterocycles.